The molecule has 0 atom stereocenters. The van der Waals surface area contributed by atoms with Gasteiger partial charge in [0.1, 0.15) is 0 Å². The van der Waals surface area contributed by atoms with E-state index >= 15 is 0 Å². The van der Waals surface area contributed by atoms with E-state index in [2.05, 4.69) is 33.9 Å². The molecule has 4 nitrogen and oxygen atoms in total. The average Bonchev–Trinajstić information content (AvgIpc) is 2.68. The van der Waals surface area contributed by atoms with Gasteiger partial charge in [-0.1, -0.05) is 42.5 Å². The summed E-state index contributed by atoms with van der Waals surface area (Å²) >= 11 is 0. The number of sulfonamides is 1. The molecular weight excluding hydrogens is 356 g/mol. The molecule has 1 aliphatic heterocycles. The van der Waals surface area contributed by atoms with Crippen molar-refractivity contribution < 1.29 is 8.42 Å². The van der Waals surface area contributed by atoms with Crippen molar-refractivity contribution in [1.82, 2.24) is 0 Å². The molecule has 0 fully saturated rings. The zero-order valence-corrected chi connectivity index (χ0v) is 16.0. The third kappa shape index (κ3) is 3.69. The molecule has 5 heteroatoms. The Morgan fingerprint density at radius 3 is 2.26 bits per heavy atom. The van der Waals surface area contributed by atoms with Crippen molar-refractivity contribution in [2.24, 2.45) is 0 Å². The summed E-state index contributed by atoms with van der Waals surface area (Å²) < 4.78 is 27.9. The molecule has 138 valence electrons. The maximum Gasteiger partial charge on any atom is 0.262 e. The Bertz CT molecular complexity index is 1060. The van der Waals surface area contributed by atoms with Crippen LogP contribution in [0.1, 0.15) is 16.7 Å². The second kappa shape index (κ2) is 7.08. The quantitative estimate of drug-likeness (QED) is 0.734. The van der Waals surface area contributed by atoms with Gasteiger partial charge in [0.25, 0.3) is 10.0 Å². The molecule has 0 saturated carbocycles. The lowest BCUT2D eigenvalue weighted by atomic mass is 9.99. The van der Waals surface area contributed by atoms with Gasteiger partial charge in [-0.15, -0.1) is 0 Å². The van der Waals surface area contributed by atoms with Gasteiger partial charge in [-0.05, 0) is 60.4 Å². The van der Waals surface area contributed by atoms with E-state index in [4.69, 9.17) is 0 Å². The Kier molecular flexibility index (Phi) is 4.62. The molecule has 1 heterocycles. The Morgan fingerprint density at radius 1 is 0.852 bits per heavy atom. The predicted octanol–water partition coefficient (Wildman–Crippen LogP) is 4.36. The number of hydrogen-bond donors (Lipinski definition) is 1. The fourth-order valence-electron chi connectivity index (χ4n) is 3.52. The van der Waals surface area contributed by atoms with Crippen LogP contribution in [0.2, 0.25) is 0 Å². The van der Waals surface area contributed by atoms with Gasteiger partial charge in [0, 0.05) is 24.5 Å². The average molecular weight is 378 g/mol. The molecule has 0 aliphatic carbocycles. The van der Waals surface area contributed by atoms with Crippen LogP contribution in [0.4, 0.5) is 11.4 Å². The maximum atomic E-state index is 12.6. The molecule has 0 bridgehead atoms. The van der Waals surface area contributed by atoms with E-state index < -0.39 is 10.0 Å². The minimum atomic E-state index is -3.59. The number of benzene rings is 3. The minimum absolute atomic E-state index is 0.307. The molecule has 3 aromatic carbocycles. The molecule has 0 unspecified atom stereocenters. The fourth-order valence-corrected chi connectivity index (χ4v) is 4.83. The standard InChI is InChI=1S/C22H22N2O2S/c1-17-6-2-5-9-22(17)27(25,26)23-20-10-12-21(13-11-20)24-15-14-18-7-3-4-8-19(18)16-24/h2-13,23H,14-16H2,1H3. The van der Waals surface area contributed by atoms with Crippen molar-refractivity contribution in [2.45, 2.75) is 24.8 Å². The van der Waals surface area contributed by atoms with Gasteiger partial charge < -0.3 is 4.90 Å². The van der Waals surface area contributed by atoms with Gasteiger partial charge in [0.05, 0.1) is 4.90 Å². The second-order valence-electron chi connectivity index (χ2n) is 6.86. The van der Waals surface area contributed by atoms with E-state index in [1.165, 1.54) is 11.1 Å². The number of hydrogen-bond acceptors (Lipinski definition) is 3. The van der Waals surface area contributed by atoms with Crippen LogP contribution >= 0.6 is 0 Å². The van der Waals surface area contributed by atoms with Gasteiger partial charge >= 0.3 is 0 Å². The third-order valence-electron chi connectivity index (χ3n) is 5.00. The van der Waals surface area contributed by atoms with Crippen LogP contribution in [-0.2, 0) is 23.0 Å². The molecule has 3 aromatic rings. The third-order valence-corrected chi connectivity index (χ3v) is 6.54. The SMILES string of the molecule is Cc1ccccc1S(=O)(=O)Nc1ccc(N2CCc3ccccc3C2)cc1. The van der Waals surface area contributed by atoms with E-state index in [9.17, 15) is 8.42 Å². The van der Waals surface area contributed by atoms with Crippen LogP contribution in [-0.4, -0.2) is 15.0 Å². The van der Waals surface area contributed by atoms with Crippen LogP contribution in [0.3, 0.4) is 0 Å². The molecule has 0 aromatic heterocycles. The van der Waals surface area contributed by atoms with Gasteiger partial charge in [0.2, 0.25) is 0 Å². The smallest absolute Gasteiger partial charge is 0.262 e. The number of fused-ring (bicyclic) bond motifs is 1. The second-order valence-corrected chi connectivity index (χ2v) is 8.51. The van der Waals surface area contributed by atoms with Gasteiger partial charge in [-0.2, -0.15) is 0 Å². The molecule has 0 spiro atoms. The molecule has 4 rings (SSSR count). The van der Waals surface area contributed by atoms with Crippen LogP contribution in [0.15, 0.2) is 77.7 Å². The molecule has 27 heavy (non-hydrogen) atoms. The number of nitrogens with zero attached hydrogens (tertiary/aromatic N) is 1. The molecule has 0 saturated heterocycles. The summed E-state index contributed by atoms with van der Waals surface area (Å²) in [6, 6.07) is 23.1. The van der Waals surface area contributed by atoms with E-state index in [0.29, 0.717) is 10.6 Å². The summed E-state index contributed by atoms with van der Waals surface area (Å²) in [5.41, 5.74) is 5.17. The van der Waals surface area contributed by atoms with Crippen LogP contribution < -0.4 is 9.62 Å². The number of aryl methyl sites for hydroxylation is 1. The summed E-state index contributed by atoms with van der Waals surface area (Å²) in [5.74, 6) is 0. The summed E-state index contributed by atoms with van der Waals surface area (Å²) in [5, 5.41) is 0. The van der Waals surface area contributed by atoms with Gasteiger partial charge in [-0.3, -0.25) is 4.72 Å². The first kappa shape index (κ1) is 17.6. The van der Waals surface area contributed by atoms with Gasteiger partial charge in [-0.25, -0.2) is 8.42 Å². The van der Waals surface area contributed by atoms with Crippen LogP contribution in [0.5, 0.6) is 0 Å². The molecular formula is C22H22N2O2S. The number of rotatable bonds is 4. The first-order chi connectivity index (χ1) is 13.0. The zero-order chi connectivity index (χ0) is 18.9. The van der Waals surface area contributed by atoms with Gasteiger partial charge in [0.15, 0.2) is 0 Å². The van der Waals surface area contributed by atoms with E-state index in [1.807, 2.05) is 30.3 Å². The molecule has 1 aliphatic rings. The first-order valence-electron chi connectivity index (χ1n) is 9.03. The summed E-state index contributed by atoms with van der Waals surface area (Å²) in [6.45, 7) is 3.64. The molecule has 1 N–H and O–H groups in total. The Hall–Kier alpha value is -2.79. The number of anilines is 2. The topological polar surface area (TPSA) is 49.4 Å². The van der Waals surface area contributed by atoms with Crippen LogP contribution in [0.25, 0.3) is 0 Å². The largest absolute Gasteiger partial charge is 0.367 e. The highest BCUT2D eigenvalue weighted by molar-refractivity contribution is 7.92. The Balaban J connectivity index is 1.51. The van der Waals surface area contributed by atoms with E-state index in [-0.39, 0.29) is 0 Å². The van der Waals surface area contributed by atoms with Crippen molar-refractivity contribution in [1.29, 1.82) is 0 Å². The van der Waals surface area contributed by atoms with Crippen molar-refractivity contribution in [3.05, 3.63) is 89.5 Å². The predicted molar refractivity (Wildman–Crippen MR) is 110 cm³/mol. The van der Waals surface area contributed by atoms with Crippen molar-refractivity contribution in [3.63, 3.8) is 0 Å². The summed E-state index contributed by atoms with van der Waals surface area (Å²) in [4.78, 5) is 2.63. The summed E-state index contributed by atoms with van der Waals surface area (Å²) in [6.07, 6.45) is 1.03. The number of nitrogens with one attached hydrogen (secondary N) is 1. The highest BCUT2D eigenvalue weighted by Gasteiger charge is 2.18. The molecule has 0 amide bonds. The van der Waals surface area contributed by atoms with Crippen molar-refractivity contribution >= 4 is 21.4 Å². The first-order valence-corrected chi connectivity index (χ1v) is 10.5. The zero-order valence-electron chi connectivity index (χ0n) is 15.2. The Labute approximate surface area is 160 Å². The normalized spacial score (nSPS) is 13.9. The molecule has 0 radical (unpaired) electrons. The lowest BCUT2D eigenvalue weighted by molar-refractivity contribution is 0.600. The monoisotopic (exact) mass is 378 g/mol. The highest BCUT2D eigenvalue weighted by atomic mass is 32.2. The van der Waals surface area contributed by atoms with E-state index in [0.717, 1.165) is 30.8 Å². The van der Waals surface area contributed by atoms with Crippen LogP contribution in [0, 0.1) is 6.92 Å². The van der Waals surface area contributed by atoms with Crippen molar-refractivity contribution in [2.75, 3.05) is 16.2 Å². The maximum absolute atomic E-state index is 12.6. The lowest BCUT2D eigenvalue weighted by Crippen LogP contribution is -2.30. The minimum Gasteiger partial charge on any atom is -0.367 e. The summed E-state index contributed by atoms with van der Waals surface area (Å²) in [7, 11) is -3.59. The lowest BCUT2D eigenvalue weighted by Gasteiger charge is -2.30. The van der Waals surface area contributed by atoms with E-state index in [1.54, 1.807) is 25.1 Å². The Morgan fingerprint density at radius 2 is 1.52 bits per heavy atom. The highest BCUT2D eigenvalue weighted by Crippen LogP contribution is 2.26. The fraction of sp³-hybridized carbons (Fsp3) is 0.182. The van der Waals surface area contributed by atoms with Crippen molar-refractivity contribution in [3.8, 4) is 0 Å².